The van der Waals surface area contributed by atoms with Crippen molar-refractivity contribution in [2.75, 3.05) is 6.54 Å². The molecule has 0 saturated heterocycles. The van der Waals surface area contributed by atoms with Crippen molar-refractivity contribution in [3.05, 3.63) is 16.1 Å². The van der Waals surface area contributed by atoms with E-state index in [-0.39, 0.29) is 0 Å². The molecule has 0 bridgehead atoms. The van der Waals surface area contributed by atoms with Gasteiger partial charge in [-0.25, -0.2) is 4.98 Å². The molecule has 1 rings (SSSR count). The normalized spacial score (nSPS) is 13.4. The van der Waals surface area contributed by atoms with E-state index in [1.165, 1.54) is 17.1 Å². The summed E-state index contributed by atoms with van der Waals surface area (Å²) in [5, 5.41) is 6.83. The van der Waals surface area contributed by atoms with E-state index in [1.54, 1.807) is 11.3 Å². The van der Waals surface area contributed by atoms with E-state index in [2.05, 4.69) is 43.4 Å². The largest absolute Gasteiger partial charge is 0.310 e. The van der Waals surface area contributed by atoms with Crippen molar-refractivity contribution >= 4 is 11.3 Å². The van der Waals surface area contributed by atoms with Gasteiger partial charge in [0.1, 0.15) is 5.01 Å². The van der Waals surface area contributed by atoms with Crippen molar-refractivity contribution in [1.29, 1.82) is 0 Å². The third-order valence-electron chi connectivity index (χ3n) is 2.63. The van der Waals surface area contributed by atoms with Gasteiger partial charge in [0.2, 0.25) is 0 Å². The molecule has 1 unspecified atom stereocenters. The van der Waals surface area contributed by atoms with Crippen molar-refractivity contribution in [2.24, 2.45) is 5.92 Å². The molecule has 0 aliphatic heterocycles. The number of rotatable bonds is 6. The van der Waals surface area contributed by atoms with Crippen molar-refractivity contribution in [3.63, 3.8) is 0 Å². The Morgan fingerprint density at radius 3 is 2.67 bits per heavy atom. The number of thiazole rings is 1. The summed E-state index contributed by atoms with van der Waals surface area (Å²) < 4.78 is 0. The molecule has 0 spiro atoms. The molecule has 0 radical (unpaired) electrons. The first-order chi connectivity index (χ1) is 7.13. The second-order valence-corrected chi connectivity index (χ2v) is 5.41. The molecule has 0 aromatic carbocycles. The van der Waals surface area contributed by atoms with E-state index in [0.717, 1.165) is 19.0 Å². The zero-order chi connectivity index (χ0) is 11.3. The van der Waals surface area contributed by atoms with Gasteiger partial charge in [0.05, 0.1) is 5.69 Å². The quantitative estimate of drug-likeness (QED) is 0.804. The molecule has 86 valence electrons. The van der Waals surface area contributed by atoms with E-state index in [1.807, 2.05) is 0 Å². The smallest absolute Gasteiger partial charge is 0.107 e. The lowest BCUT2D eigenvalue weighted by atomic mass is 10.1. The first-order valence-electron chi connectivity index (χ1n) is 5.78. The number of nitrogens with one attached hydrogen (secondary N) is 1. The zero-order valence-corrected chi connectivity index (χ0v) is 11.0. The Morgan fingerprint density at radius 1 is 1.40 bits per heavy atom. The minimum Gasteiger partial charge on any atom is -0.310 e. The van der Waals surface area contributed by atoms with Gasteiger partial charge in [0.25, 0.3) is 0 Å². The maximum absolute atomic E-state index is 4.59. The number of hydrogen-bond donors (Lipinski definition) is 1. The van der Waals surface area contributed by atoms with Gasteiger partial charge < -0.3 is 5.32 Å². The van der Waals surface area contributed by atoms with E-state index in [0.29, 0.717) is 5.92 Å². The lowest BCUT2D eigenvalue weighted by Gasteiger charge is -2.08. The highest BCUT2D eigenvalue weighted by Gasteiger charge is 2.05. The Hall–Kier alpha value is -0.410. The van der Waals surface area contributed by atoms with Gasteiger partial charge in [-0.15, -0.1) is 11.3 Å². The minimum absolute atomic E-state index is 0.546. The Kier molecular flexibility index (Phi) is 5.26. The van der Waals surface area contributed by atoms with Crippen molar-refractivity contribution in [2.45, 2.75) is 46.6 Å². The molecule has 3 heteroatoms. The SMILES string of the molecule is CCC(C)CNCc1nc(C(C)C)cs1. The molecular weight excluding hydrogens is 204 g/mol. The van der Waals surface area contributed by atoms with Gasteiger partial charge in [-0.05, 0) is 18.4 Å². The average Bonchev–Trinajstić information content (AvgIpc) is 2.66. The van der Waals surface area contributed by atoms with E-state index in [9.17, 15) is 0 Å². The van der Waals surface area contributed by atoms with E-state index >= 15 is 0 Å². The molecule has 0 aliphatic rings. The van der Waals surface area contributed by atoms with Gasteiger partial charge in [0.15, 0.2) is 0 Å². The van der Waals surface area contributed by atoms with Gasteiger partial charge in [-0.2, -0.15) is 0 Å². The number of aromatic nitrogens is 1. The van der Waals surface area contributed by atoms with Gasteiger partial charge >= 0.3 is 0 Å². The average molecular weight is 226 g/mol. The number of hydrogen-bond acceptors (Lipinski definition) is 3. The van der Waals surface area contributed by atoms with Crippen molar-refractivity contribution < 1.29 is 0 Å². The van der Waals surface area contributed by atoms with Crippen LogP contribution in [0.15, 0.2) is 5.38 Å². The molecule has 0 aliphatic carbocycles. The third-order valence-corrected chi connectivity index (χ3v) is 3.49. The van der Waals surface area contributed by atoms with Crippen LogP contribution in [0.25, 0.3) is 0 Å². The standard InChI is InChI=1S/C12H22N2S/c1-5-10(4)6-13-7-12-14-11(8-15-12)9(2)3/h8-10,13H,5-7H2,1-4H3. The number of nitrogens with zero attached hydrogens (tertiary/aromatic N) is 1. The molecule has 0 amide bonds. The van der Waals surface area contributed by atoms with Crippen LogP contribution < -0.4 is 5.32 Å². The van der Waals surface area contributed by atoms with E-state index < -0.39 is 0 Å². The fourth-order valence-corrected chi connectivity index (χ4v) is 2.17. The molecule has 0 saturated carbocycles. The first kappa shape index (κ1) is 12.7. The maximum atomic E-state index is 4.59. The second-order valence-electron chi connectivity index (χ2n) is 4.47. The summed E-state index contributed by atoms with van der Waals surface area (Å²) in [5.41, 5.74) is 1.22. The zero-order valence-electron chi connectivity index (χ0n) is 10.2. The van der Waals surface area contributed by atoms with Gasteiger partial charge in [-0.3, -0.25) is 0 Å². The molecule has 1 aromatic heterocycles. The Bertz CT molecular complexity index is 281. The highest BCUT2D eigenvalue weighted by atomic mass is 32.1. The maximum Gasteiger partial charge on any atom is 0.107 e. The summed E-state index contributed by atoms with van der Waals surface area (Å²) in [4.78, 5) is 4.59. The highest BCUT2D eigenvalue weighted by Crippen LogP contribution is 2.17. The molecule has 1 atom stereocenters. The second kappa shape index (κ2) is 6.23. The Labute approximate surface area is 97.1 Å². The molecule has 1 aromatic rings. The van der Waals surface area contributed by atoms with Crippen LogP contribution in [-0.4, -0.2) is 11.5 Å². The van der Waals surface area contributed by atoms with Crippen LogP contribution in [0.2, 0.25) is 0 Å². The topological polar surface area (TPSA) is 24.9 Å². The van der Waals surface area contributed by atoms with Gasteiger partial charge in [0, 0.05) is 11.9 Å². The predicted molar refractivity (Wildman–Crippen MR) is 67.4 cm³/mol. The lowest BCUT2D eigenvalue weighted by molar-refractivity contribution is 0.499. The van der Waals surface area contributed by atoms with Crippen molar-refractivity contribution in [1.82, 2.24) is 10.3 Å². The van der Waals surface area contributed by atoms with E-state index in [4.69, 9.17) is 0 Å². The highest BCUT2D eigenvalue weighted by molar-refractivity contribution is 7.09. The first-order valence-corrected chi connectivity index (χ1v) is 6.66. The molecule has 2 nitrogen and oxygen atoms in total. The molecular formula is C12H22N2S. The Morgan fingerprint density at radius 2 is 2.13 bits per heavy atom. The summed E-state index contributed by atoms with van der Waals surface area (Å²) in [6.07, 6.45) is 1.24. The fraction of sp³-hybridized carbons (Fsp3) is 0.750. The van der Waals surface area contributed by atoms with Crippen molar-refractivity contribution in [3.8, 4) is 0 Å². The molecule has 1 N–H and O–H groups in total. The van der Waals surface area contributed by atoms with Crippen LogP contribution in [-0.2, 0) is 6.54 Å². The summed E-state index contributed by atoms with van der Waals surface area (Å²) in [6.45, 7) is 10.9. The molecule has 15 heavy (non-hydrogen) atoms. The predicted octanol–water partition coefficient (Wildman–Crippen LogP) is 3.40. The summed E-state index contributed by atoms with van der Waals surface area (Å²) in [5.74, 6) is 1.30. The van der Waals surface area contributed by atoms with Crippen LogP contribution in [0.3, 0.4) is 0 Å². The monoisotopic (exact) mass is 226 g/mol. The molecule has 1 heterocycles. The fourth-order valence-electron chi connectivity index (χ4n) is 1.24. The lowest BCUT2D eigenvalue weighted by Crippen LogP contribution is -2.20. The summed E-state index contributed by atoms with van der Waals surface area (Å²) >= 11 is 1.76. The van der Waals surface area contributed by atoms with Crippen LogP contribution in [0.5, 0.6) is 0 Å². The minimum atomic E-state index is 0.546. The molecule has 0 fully saturated rings. The van der Waals surface area contributed by atoms with Crippen LogP contribution in [0, 0.1) is 5.92 Å². The Balaban J connectivity index is 2.31. The van der Waals surface area contributed by atoms with Gasteiger partial charge in [-0.1, -0.05) is 34.1 Å². The summed E-state index contributed by atoms with van der Waals surface area (Å²) in [6, 6.07) is 0. The van der Waals surface area contributed by atoms with Crippen LogP contribution in [0.4, 0.5) is 0 Å². The third kappa shape index (κ3) is 4.31. The van der Waals surface area contributed by atoms with Crippen LogP contribution >= 0.6 is 11.3 Å². The summed E-state index contributed by atoms with van der Waals surface area (Å²) in [7, 11) is 0. The van der Waals surface area contributed by atoms with Crippen LogP contribution in [0.1, 0.15) is 50.7 Å².